The van der Waals surface area contributed by atoms with E-state index in [1.54, 1.807) is 0 Å². The molecule has 2 heteroatoms. The van der Waals surface area contributed by atoms with E-state index in [9.17, 15) is 10.2 Å². The third kappa shape index (κ3) is 1.69. The molecule has 2 N–H and O–H groups in total. The monoisotopic (exact) mass is 182 g/mol. The molecule has 0 aromatic rings. The zero-order valence-electron chi connectivity index (χ0n) is 7.95. The average Bonchev–Trinajstić information content (AvgIpc) is 2.65. The van der Waals surface area contributed by atoms with E-state index in [-0.39, 0.29) is 0 Å². The summed E-state index contributed by atoms with van der Waals surface area (Å²) < 4.78 is 0. The summed E-state index contributed by atoms with van der Waals surface area (Å²) in [6.45, 7) is 7.14. The van der Waals surface area contributed by atoms with Crippen LogP contribution in [0, 0.1) is 5.41 Å². The molecule has 13 heavy (non-hydrogen) atoms. The Bertz CT molecular complexity index is 176. The second-order valence-corrected chi connectivity index (χ2v) is 3.80. The molecule has 2 unspecified atom stereocenters. The van der Waals surface area contributed by atoms with Gasteiger partial charge < -0.3 is 10.2 Å². The number of rotatable bonds is 4. The molecular formula is C11H18O2. The third-order valence-corrected chi connectivity index (χ3v) is 3.16. The lowest BCUT2D eigenvalue weighted by Gasteiger charge is -2.35. The van der Waals surface area contributed by atoms with Gasteiger partial charge in [-0.05, 0) is 12.8 Å². The van der Waals surface area contributed by atoms with Crippen molar-refractivity contribution >= 4 is 0 Å². The molecule has 0 aromatic heterocycles. The zero-order chi connectivity index (χ0) is 9.90. The first-order valence-corrected chi connectivity index (χ1v) is 4.78. The van der Waals surface area contributed by atoms with Crippen LogP contribution in [0.25, 0.3) is 0 Å². The van der Waals surface area contributed by atoms with E-state index in [1.807, 2.05) is 0 Å². The van der Waals surface area contributed by atoms with Gasteiger partial charge in [0.1, 0.15) is 0 Å². The fourth-order valence-corrected chi connectivity index (χ4v) is 2.27. The maximum atomic E-state index is 9.78. The number of aliphatic hydroxyl groups is 2. The van der Waals surface area contributed by atoms with Gasteiger partial charge in [0, 0.05) is 5.41 Å². The maximum absolute atomic E-state index is 9.78. The molecule has 0 aromatic carbocycles. The van der Waals surface area contributed by atoms with Gasteiger partial charge >= 0.3 is 0 Å². The van der Waals surface area contributed by atoms with E-state index in [4.69, 9.17) is 0 Å². The van der Waals surface area contributed by atoms with Crippen LogP contribution < -0.4 is 0 Å². The number of hydrogen-bond donors (Lipinski definition) is 2. The summed E-state index contributed by atoms with van der Waals surface area (Å²) in [5.41, 5.74) is -0.413. The molecule has 0 amide bonds. The summed E-state index contributed by atoms with van der Waals surface area (Å²) in [6.07, 6.45) is 5.62. The van der Waals surface area contributed by atoms with Crippen molar-refractivity contribution in [3.05, 3.63) is 25.3 Å². The fourth-order valence-electron chi connectivity index (χ4n) is 2.27. The van der Waals surface area contributed by atoms with Crippen LogP contribution in [-0.4, -0.2) is 22.4 Å². The van der Waals surface area contributed by atoms with Crippen molar-refractivity contribution in [2.24, 2.45) is 5.41 Å². The molecule has 74 valence electrons. The highest BCUT2D eigenvalue weighted by molar-refractivity contribution is 5.06. The second-order valence-electron chi connectivity index (χ2n) is 3.80. The van der Waals surface area contributed by atoms with Gasteiger partial charge in [-0.25, -0.2) is 0 Å². The van der Waals surface area contributed by atoms with E-state index in [1.165, 1.54) is 12.2 Å². The Balaban J connectivity index is 2.85. The highest BCUT2D eigenvalue weighted by Crippen LogP contribution is 2.44. The van der Waals surface area contributed by atoms with Crippen LogP contribution in [0.1, 0.15) is 25.7 Å². The van der Waals surface area contributed by atoms with E-state index >= 15 is 0 Å². The SMILES string of the molecule is C=CC(O)C1(C(O)C=C)CCCC1. The molecule has 1 aliphatic carbocycles. The van der Waals surface area contributed by atoms with Crippen LogP contribution in [0.15, 0.2) is 25.3 Å². The molecule has 0 bridgehead atoms. The Hall–Kier alpha value is -0.600. The average molecular weight is 182 g/mol. The summed E-state index contributed by atoms with van der Waals surface area (Å²) in [7, 11) is 0. The predicted molar refractivity (Wildman–Crippen MR) is 53.3 cm³/mol. The van der Waals surface area contributed by atoms with Crippen molar-refractivity contribution in [3.63, 3.8) is 0 Å². The van der Waals surface area contributed by atoms with Crippen LogP contribution >= 0.6 is 0 Å². The summed E-state index contributed by atoms with van der Waals surface area (Å²) in [5.74, 6) is 0. The molecule has 2 atom stereocenters. The van der Waals surface area contributed by atoms with Crippen molar-refractivity contribution < 1.29 is 10.2 Å². The fraction of sp³-hybridized carbons (Fsp3) is 0.636. The van der Waals surface area contributed by atoms with Gasteiger partial charge in [-0.2, -0.15) is 0 Å². The molecule has 1 saturated carbocycles. The van der Waals surface area contributed by atoms with Gasteiger partial charge in [0.25, 0.3) is 0 Å². The predicted octanol–water partition coefficient (Wildman–Crippen LogP) is 1.64. The van der Waals surface area contributed by atoms with Gasteiger partial charge in [0.2, 0.25) is 0 Å². The van der Waals surface area contributed by atoms with E-state index in [0.29, 0.717) is 0 Å². The first-order chi connectivity index (χ1) is 6.17. The smallest absolute Gasteiger partial charge is 0.0802 e. The normalized spacial score (nSPS) is 25.1. The van der Waals surface area contributed by atoms with Gasteiger partial charge in [-0.1, -0.05) is 25.0 Å². The molecule has 0 spiro atoms. The number of aliphatic hydroxyl groups excluding tert-OH is 2. The third-order valence-electron chi connectivity index (χ3n) is 3.16. The topological polar surface area (TPSA) is 40.5 Å². The van der Waals surface area contributed by atoms with E-state index < -0.39 is 17.6 Å². The standard InChI is InChI=1S/C11H18O2/c1-3-9(12)11(10(13)4-2)7-5-6-8-11/h3-4,9-10,12-13H,1-2,5-8H2. The van der Waals surface area contributed by atoms with Crippen molar-refractivity contribution in [2.45, 2.75) is 37.9 Å². The Morgan fingerprint density at radius 1 is 1.00 bits per heavy atom. The minimum Gasteiger partial charge on any atom is -0.388 e. The minimum atomic E-state index is -0.622. The summed E-state index contributed by atoms with van der Waals surface area (Å²) in [6, 6.07) is 0. The molecule has 1 fully saturated rings. The molecule has 0 heterocycles. The molecular weight excluding hydrogens is 164 g/mol. The summed E-state index contributed by atoms with van der Waals surface area (Å²) in [4.78, 5) is 0. The minimum absolute atomic E-state index is 0.413. The molecule has 0 aliphatic heterocycles. The van der Waals surface area contributed by atoms with Gasteiger partial charge in [0.15, 0.2) is 0 Å². The first-order valence-electron chi connectivity index (χ1n) is 4.78. The Morgan fingerprint density at radius 3 is 1.69 bits per heavy atom. The Labute approximate surface area is 79.6 Å². The molecule has 1 rings (SSSR count). The molecule has 1 aliphatic rings. The van der Waals surface area contributed by atoms with Crippen molar-refractivity contribution in [1.82, 2.24) is 0 Å². The molecule has 0 saturated heterocycles. The lowest BCUT2D eigenvalue weighted by Crippen LogP contribution is -2.41. The highest BCUT2D eigenvalue weighted by atomic mass is 16.3. The maximum Gasteiger partial charge on any atom is 0.0802 e. The highest BCUT2D eigenvalue weighted by Gasteiger charge is 2.43. The van der Waals surface area contributed by atoms with Crippen LogP contribution in [-0.2, 0) is 0 Å². The largest absolute Gasteiger partial charge is 0.388 e. The number of hydrogen-bond acceptors (Lipinski definition) is 2. The summed E-state index contributed by atoms with van der Waals surface area (Å²) in [5, 5.41) is 19.6. The quantitative estimate of drug-likeness (QED) is 0.649. The lowest BCUT2D eigenvalue weighted by atomic mass is 9.75. The Kier molecular flexibility index (Phi) is 3.28. The van der Waals surface area contributed by atoms with Crippen molar-refractivity contribution in [1.29, 1.82) is 0 Å². The van der Waals surface area contributed by atoms with Crippen LogP contribution in [0.4, 0.5) is 0 Å². The van der Waals surface area contributed by atoms with Crippen LogP contribution in [0.3, 0.4) is 0 Å². The van der Waals surface area contributed by atoms with Crippen molar-refractivity contribution in [2.75, 3.05) is 0 Å². The lowest BCUT2D eigenvalue weighted by molar-refractivity contribution is -0.0219. The van der Waals surface area contributed by atoms with Gasteiger partial charge in [-0.3, -0.25) is 0 Å². The van der Waals surface area contributed by atoms with E-state index in [2.05, 4.69) is 13.2 Å². The molecule has 2 nitrogen and oxygen atoms in total. The molecule has 0 radical (unpaired) electrons. The van der Waals surface area contributed by atoms with Crippen LogP contribution in [0.5, 0.6) is 0 Å². The second kappa shape index (κ2) is 4.07. The van der Waals surface area contributed by atoms with Crippen LogP contribution in [0.2, 0.25) is 0 Å². The first kappa shape index (κ1) is 10.5. The zero-order valence-corrected chi connectivity index (χ0v) is 7.95. The summed E-state index contributed by atoms with van der Waals surface area (Å²) >= 11 is 0. The van der Waals surface area contributed by atoms with E-state index in [0.717, 1.165) is 25.7 Å². The van der Waals surface area contributed by atoms with Gasteiger partial charge in [0.05, 0.1) is 12.2 Å². The van der Waals surface area contributed by atoms with Gasteiger partial charge in [-0.15, -0.1) is 13.2 Å². The van der Waals surface area contributed by atoms with Crippen molar-refractivity contribution in [3.8, 4) is 0 Å². The Morgan fingerprint density at radius 2 is 1.38 bits per heavy atom.